The number of para-hydroxylation sites is 1. The topological polar surface area (TPSA) is 96.5 Å². The molecule has 1 saturated carbocycles. The molecular weight excluding hydrogens is 378 g/mol. The molecule has 0 bridgehead atoms. The number of rotatable bonds is 4. The number of pyridine rings is 1. The minimum Gasteiger partial charge on any atom is -0.496 e. The molecule has 1 fully saturated rings. The van der Waals surface area contributed by atoms with E-state index in [2.05, 4.69) is 4.98 Å². The summed E-state index contributed by atoms with van der Waals surface area (Å²) in [5, 5.41) is 2.69. The zero-order valence-corrected chi connectivity index (χ0v) is 16.9. The normalized spacial score (nSPS) is 19.3. The van der Waals surface area contributed by atoms with Gasteiger partial charge in [0.25, 0.3) is 0 Å². The Hall–Kier alpha value is -3.25. The van der Waals surface area contributed by atoms with Crippen LogP contribution in [0.3, 0.4) is 0 Å². The fraction of sp³-hybridized carbons (Fsp3) is 0.292. The van der Waals surface area contributed by atoms with Crippen molar-refractivity contribution < 1.29 is 13.9 Å². The first-order valence-corrected chi connectivity index (χ1v) is 10.3. The van der Waals surface area contributed by atoms with E-state index in [-0.39, 0.29) is 12.1 Å². The largest absolute Gasteiger partial charge is 0.496 e. The van der Waals surface area contributed by atoms with E-state index in [1.807, 2.05) is 42.5 Å². The van der Waals surface area contributed by atoms with Gasteiger partial charge in [0.2, 0.25) is 0 Å². The Kier molecular flexibility index (Phi) is 4.71. The van der Waals surface area contributed by atoms with Gasteiger partial charge in [-0.25, -0.2) is 4.98 Å². The molecule has 2 aromatic carbocycles. The Bertz CT molecular complexity index is 1180. The Morgan fingerprint density at radius 1 is 1.07 bits per heavy atom. The van der Waals surface area contributed by atoms with Gasteiger partial charge in [0.05, 0.1) is 18.6 Å². The zero-order valence-electron chi connectivity index (χ0n) is 16.9. The molecular formula is C24H25N3O3. The van der Waals surface area contributed by atoms with Crippen molar-refractivity contribution in [1.82, 2.24) is 4.98 Å². The van der Waals surface area contributed by atoms with Gasteiger partial charge >= 0.3 is 0 Å². The van der Waals surface area contributed by atoms with Crippen LogP contribution in [0.25, 0.3) is 33.1 Å². The highest BCUT2D eigenvalue weighted by Crippen LogP contribution is 2.41. The van der Waals surface area contributed by atoms with Gasteiger partial charge in [-0.15, -0.1) is 0 Å². The Morgan fingerprint density at radius 2 is 1.87 bits per heavy atom. The number of ether oxygens (including phenoxy) is 2. The summed E-state index contributed by atoms with van der Waals surface area (Å²) >= 11 is 0. The number of hydrogen-bond donors (Lipinski definition) is 2. The quantitative estimate of drug-likeness (QED) is 0.504. The maximum atomic E-state index is 6.32. The molecule has 4 N–H and O–H groups in total. The molecule has 154 valence electrons. The summed E-state index contributed by atoms with van der Waals surface area (Å²) in [6, 6.07) is 14.1. The monoisotopic (exact) mass is 403 g/mol. The Balaban J connectivity index is 1.63. The first-order valence-electron chi connectivity index (χ1n) is 10.3. The maximum Gasteiger partial charge on any atom is 0.137 e. The van der Waals surface area contributed by atoms with Crippen molar-refractivity contribution in [2.24, 2.45) is 5.73 Å². The summed E-state index contributed by atoms with van der Waals surface area (Å²) in [6.07, 6.45) is 5.78. The first-order chi connectivity index (χ1) is 14.6. The Morgan fingerprint density at radius 3 is 2.63 bits per heavy atom. The number of aromatic nitrogens is 1. The number of anilines is 1. The van der Waals surface area contributed by atoms with E-state index in [4.69, 9.17) is 25.4 Å². The molecule has 0 radical (unpaired) electrons. The molecule has 6 nitrogen and oxygen atoms in total. The van der Waals surface area contributed by atoms with Crippen molar-refractivity contribution in [3.8, 4) is 22.8 Å². The number of furan rings is 1. The molecule has 30 heavy (non-hydrogen) atoms. The molecule has 1 aliphatic rings. The fourth-order valence-corrected chi connectivity index (χ4v) is 4.27. The van der Waals surface area contributed by atoms with E-state index >= 15 is 0 Å². The third-order valence-corrected chi connectivity index (χ3v) is 5.89. The summed E-state index contributed by atoms with van der Waals surface area (Å²) in [5.41, 5.74) is 13.9. The lowest BCUT2D eigenvalue weighted by molar-refractivity contribution is 0.147. The van der Waals surface area contributed by atoms with Gasteiger partial charge in [-0.05, 0) is 43.9 Å². The molecule has 0 unspecified atom stereocenters. The summed E-state index contributed by atoms with van der Waals surface area (Å²) in [4.78, 5) is 4.40. The van der Waals surface area contributed by atoms with Crippen LogP contribution in [0, 0.1) is 0 Å². The second kappa shape index (κ2) is 7.54. The van der Waals surface area contributed by atoms with Crippen LogP contribution in [-0.2, 0) is 0 Å². The lowest BCUT2D eigenvalue weighted by Gasteiger charge is -2.27. The highest BCUT2D eigenvalue weighted by molar-refractivity contribution is 6.05. The third kappa shape index (κ3) is 3.33. The first kappa shape index (κ1) is 18.8. The van der Waals surface area contributed by atoms with Crippen LogP contribution >= 0.6 is 0 Å². The van der Waals surface area contributed by atoms with Crippen LogP contribution < -0.4 is 20.9 Å². The second-order valence-corrected chi connectivity index (χ2v) is 7.91. The van der Waals surface area contributed by atoms with Gasteiger partial charge in [-0.3, -0.25) is 0 Å². The van der Waals surface area contributed by atoms with Gasteiger partial charge in [-0.2, -0.15) is 0 Å². The highest BCUT2D eigenvalue weighted by Gasteiger charge is 2.22. The minimum atomic E-state index is 0.154. The summed E-state index contributed by atoms with van der Waals surface area (Å²) in [5.74, 6) is 2.54. The number of nitrogen functional groups attached to an aromatic ring is 1. The van der Waals surface area contributed by atoms with E-state index < -0.39 is 0 Å². The van der Waals surface area contributed by atoms with Crippen molar-refractivity contribution in [3.63, 3.8) is 0 Å². The summed E-state index contributed by atoms with van der Waals surface area (Å²) in [6.45, 7) is 0. The number of fused-ring (bicyclic) bond motifs is 2. The van der Waals surface area contributed by atoms with E-state index in [1.165, 1.54) is 0 Å². The van der Waals surface area contributed by atoms with Crippen LogP contribution in [0.4, 0.5) is 5.82 Å². The van der Waals surface area contributed by atoms with Gasteiger partial charge in [0, 0.05) is 34.6 Å². The maximum absolute atomic E-state index is 6.32. The van der Waals surface area contributed by atoms with Gasteiger partial charge in [0.1, 0.15) is 28.7 Å². The molecule has 5 rings (SSSR count). The van der Waals surface area contributed by atoms with Crippen molar-refractivity contribution >= 4 is 27.6 Å². The van der Waals surface area contributed by atoms with Crippen LogP contribution in [0.15, 0.2) is 53.1 Å². The number of hydrogen-bond acceptors (Lipinski definition) is 6. The molecule has 0 amide bonds. The predicted molar refractivity (Wildman–Crippen MR) is 119 cm³/mol. The number of methoxy groups -OCH3 is 1. The fourth-order valence-electron chi connectivity index (χ4n) is 4.27. The average Bonchev–Trinajstić information content (AvgIpc) is 3.19. The van der Waals surface area contributed by atoms with Gasteiger partial charge in [-0.1, -0.05) is 18.2 Å². The van der Waals surface area contributed by atoms with Crippen molar-refractivity contribution in [2.75, 3.05) is 12.8 Å². The number of nitrogens with two attached hydrogens (primary N) is 2. The SMILES string of the molecule is COc1cc(O[C@H]2CC[C@H](N)CC2)cc2c(-c3cc4ccccc4o3)cnc(N)c12. The Labute approximate surface area is 174 Å². The lowest BCUT2D eigenvalue weighted by Crippen LogP contribution is -2.31. The molecule has 0 saturated heterocycles. The molecule has 4 aromatic rings. The van der Waals surface area contributed by atoms with E-state index in [0.29, 0.717) is 11.6 Å². The lowest BCUT2D eigenvalue weighted by atomic mass is 9.93. The van der Waals surface area contributed by atoms with Crippen molar-refractivity contribution in [2.45, 2.75) is 37.8 Å². The average molecular weight is 403 g/mol. The minimum absolute atomic E-state index is 0.154. The molecule has 0 atom stereocenters. The van der Waals surface area contributed by atoms with Crippen molar-refractivity contribution in [3.05, 3.63) is 48.7 Å². The van der Waals surface area contributed by atoms with E-state index in [1.54, 1.807) is 13.3 Å². The van der Waals surface area contributed by atoms with Gasteiger partial charge in [0.15, 0.2) is 0 Å². The smallest absolute Gasteiger partial charge is 0.137 e. The molecule has 2 heterocycles. The number of nitrogens with zero attached hydrogens (tertiary/aromatic N) is 1. The van der Waals surface area contributed by atoms with E-state index in [9.17, 15) is 0 Å². The number of benzene rings is 2. The molecule has 6 heteroatoms. The predicted octanol–water partition coefficient (Wildman–Crippen LogP) is 4.89. The molecule has 0 aliphatic heterocycles. The second-order valence-electron chi connectivity index (χ2n) is 7.91. The van der Waals surface area contributed by atoms with E-state index in [0.717, 1.165) is 64.5 Å². The van der Waals surface area contributed by atoms with Crippen LogP contribution in [-0.4, -0.2) is 24.2 Å². The third-order valence-electron chi connectivity index (χ3n) is 5.89. The molecule has 0 spiro atoms. The molecule has 2 aromatic heterocycles. The van der Waals surface area contributed by atoms with Crippen LogP contribution in [0.1, 0.15) is 25.7 Å². The highest BCUT2D eigenvalue weighted by atomic mass is 16.5. The van der Waals surface area contributed by atoms with Gasteiger partial charge < -0.3 is 25.4 Å². The van der Waals surface area contributed by atoms with Crippen LogP contribution in [0.2, 0.25) is 0 Å². The zero-order chi connectivity index (χ0) is 20.7. The van der Waals surface area contributed by atoms with Crippen molar-refractivity contribution in [1.29, 1.82) is 0 Å². The van der Waals surface area contributed by atoms with Crippen LogP contribution in [0.5, 0.6) is 11.5 Å². The summed E-state index contributed by atoms with van der Waals surface area (Å²) in [7, 11) is 1.63. The molecule has 1 aliphatic carbocycles. The standard InChI is InChI=1S/C24H25N3O3/c1-28-22-12-17(29-16-8-6-15(25)7-9-16)11-18-19(13-27-24(26)23(18)22)21-10-14-4-2-3-5-20(14)30-21/h2-5,10-13,15-16H,6-9,25H2,1H3,(H2,26,27)/t15-,16-. The summed E-state index contributed by atoms with van der Waals surface area (Å²) < 4.78 is 18.1.